The Labute approximate surface area is 135 Å². The molecule has 0 radical (unpaired) electrons. The highest BCUT2D eigenvalue weighted by atomic mass is 32.2. The van der Waals surface area contributed by atoms with Gasteiger partial charge in [0.2, 0.25) is 10.0 Å². The molecule has 0 aliphatic heterocycles. The molecule has 1 aromatic heterocycles. The molecule has 2 aromatic rings. The lowest BCUT2D eigenvalue weighted by atomic mass is 10.2. The van der Waals surface area contributed by atoms with Crippen molar-refractivity contribution in [3.05, 3.63) is 65.0 Å². The molecule has 1 aromatic carbocycles. The zero-order valence-corrected chi connectivity index (χ0v) is 13.8. The highest BCUT2D eigenvalue weighted by molar-refractivity contribution is 7.88. The molecule has 23 heavy (non-hydrogen) atoms. The molecule has 0 fully saturated rings. The second kappa shape index (κ2) is 7.34. The second-order valence-electron chi connectivity index (χ2n) is 5.10. The minimum Gasteiger partial charge on any atom is -0.465 e. The molecule has 1 heterocycles. The molecule has 7 heteroatoms. The summed E-state index contributed by atoms with van der Waals surface area (Å²) in [5.74, 6) is -0.571. The molecule has 0 spiro atoms. The zero-order chi connectivity index (χ0) is 16.9. The number of methoxy groups -OCH3 is 1. The van der Waals surface area contributed by atoms with Gasteiger partial charge in [-0.3, -0.25) is 4.98 Å². The number of hydrogen-bond acceptors (Lipinski definition) is 5. The molecule has 6 nitrogen and oxygen atoms in total. The number of nitrogens with one attached hydrogen (secondary N) is 1. The van der Waals surface area contributed by atoms with Gasteiger partial charge in [0, 0.05) is 6.20 Å². The Kier molecular flexibility index (Phi) is 5.46. The number of carbonyl (C=O) groups is 1. The summed E-state index contributed by atoms with van der Waals surface area (Å²) in [6.45, 7) is 1.98. The van der Waals surface area contributed by atoms with E-state index in [4.69, 9.17) is 0 Å². The maximum atomic E-state index is 12.1. The smallest absolute Gasteiger partial charge is 0.339 e. The minimum atomic E-state index is -3.46. The van der Waals surface area contributed by atoms with Crippen molar-refractivity contribution < 1.29 is 17.9 Å². The number of rotatable bonds is 6. The Morgan fingerprint density at radius 1 is 1.26 bits per heavy atom. The first kappa shape index (κ1) is 17.1. The largest absolute Gasteiger partial charge is 0.465 e. The van der Waals surface area contributed by atoms with E-state index in [1.54, 1.807) is 18.2 Å². The summed E-state index contributed by atoms with van der Waals surface area (Å²) in [5.41, 5.74) is 2.58. The summed E-state index contributed by atoms with van der Waals surface area (Å²) in [5, 5.41) is 0. The molecule has 0 saturated carbocycles. The Hall–Kier alpha value is -2.25. The van der Waals surface area contributed by atoms with Crippen LogP contribution in [0.4, 0.5) is 0 Å². The summed E-state index contributed by atoms with van der Waals surface area (Å²) in [4.78, 5) is 15.3. The number of aryl methyl sites for hydroxylation is 1. The summed E-state index contributed by atoms with van der Waals surface area (Å²) in [7, 11) is -2.17. The lowest BCUT2D eigenvalue weighted by Gasteiger charge is -2.07. The van der Waals surface area contributed by atoms with Gasteiger partial charge in [0.15, 0.2) is 0 Å². The van der Waals surface area contributed by atoms with Crippen molar-refractivity contribution in [1.82, 2.24) is 9.71 Å². The van der Waals surface area contributed by atoms with Crippen molar-refractivity contribution in [2.45, 2.75) is 19.2 Å². The quantitative estimate of drug-likeness (QED) is 0.814. The first-order valence-electron chi connectivity index (χ1n) is 6.96. The first-order valence-corrected chi connectivity index (χ1v) is 8.61. The minimum absolute atomic E-state index is 0.0651. The van der Waals surface area contributed by atoms with Crippen LogP contribution in [0.3, 0.4) is 0 Å². The Bertz CT molecular complexity index is 786. The van der Waals surface area contributed by atoms with E-state index in [2.05, 4.69) is 14.4 Å². The second-order valence-corrected chi connectivity index (χ2v) is 6.91. The molecule has 0 atom stereocenters. The van der Waals surface area contributed by atoms with Crippen LogP contribution in [0.1, 0.15) is 27.2 Å². The lowest BCUT2D eigenvalue weighted by Crippen LogP contribution is -2.25. The molecule has 0 saturated heterocycles. The molecule has 2 rings (SSSR count). The topological polar surface area (TPSA) is 85.4 Å². The van der Waals surface area contributed by atoms with E-state index in [1.807, 2.05) is 25.1 Å². The predicted molar refractivity (Wildman–Crippen MR) is 86.2 cm³/mol. The molecule has 1 N–H and O–H groups in total. The third-order valence-corrected chi connectivity index (χ3v) is 4.46. The fourth-order valence-electron chi connectivity index (χ4n) is 2.02. The fourth-order valence-corrected chi connectivity index (χ4v) is 3.11. The number of hydrogen-bond donors (Lipinski definition) is 1. The van der Waals surface area contributed by atoms with E-state index in [1.165, 1.54) is 13.3 Å². The predicted octanol–water partition coefficient (Wildman–Crippen LogP) is 1.80. The Balaban J connectivity index is 1.97. The highest BCUT2D eigenvalue weighted by Gasteiger charge is 2.12. The average molecular weight is 334 g/mol. The Morgan fingerprint density at radius 3 is 2.65 bits per heavy atom. The van der Waals surface area contributed by atoms with Crippen LogP contribution in [-0.2, 0) is 27.1 Å². The number of sulfonamides is 1. The van der Waals surface area contributed by atoms with Crippen LogP contribution in [0.2, 0.25) is 0 Å². The van der Waals surface area contributed by atoms with Crippen LogP contribution >= 0.6 is 0 Å². The SMILES string of the molecule is COC(=O)c1ccc(CNS(=O)(=O)Cc2cccc(C)c2)nc1. The van der Waals surface area contributed by atoms with E-state index in [-0.39, 0.29) is 12.3 Å². The maximum absolute atomic E-state index is 12.1. The first-order chi connectivity index (χ1) is 10.9. The summed E-state index contributed by atoms with van der Waals surface area (Å²) in [6, 6.07) is 10.5. The van der Waals surface area contributed by atoms with Crippen LogP contribution in [0.5, 0.6) is 0 Å². The van der Waals surface area contributed by atoms with Gasteiger partial charge >= 0.3 is 5.97 Å². The molecule has 122 valence electrons. The van der Waals surface area contributed by atoms with E-state index in [0.29, 0.717) is 11.3 Å². The van der Waals surface area contributed by atoms with Crippen molar-refractivity contribution in [2.24, 2.45) is 0 Å². The number of ether oxygens (including phenoxy) is 1. The van der Waals surface area contributed by atoms with Crippen LogP contribution in [0.15, 0.2) is 42.6 Å². The van der Waals surface area contributed by atoms with Crippen LogP contribution < -0.4 is 4.72 Å². The number of aromatic nitrogens is 1. The van der Waals surface area contributed by atoms with E-state index >= 15 is 0 Å². The average Bonchev–Trinajstić information content (AvgIpc) is 2.52. The van der Waals surface area contributed by atoms with Crippen molar-refractivity contribution in [3.8, 4) is 0 Å². The number of esters is 1. The van der Waals surface area contributed by atoms with Crippen molar-refractivity contribution in [3.63, 3.8) is 0 Å². The van der Waals surface area contributed by atoms with E-state index in [9.17, 15) is 13.2 Å². The van der Waals surface area contributed by atoms with E-state index < -0.39 is 16.0 Å². The number of nitrogens with zero attached hydrogens (tertiary/aromatic N) is 1. The van der Waals surface area contributed by atoms with Crippen LogP contribution in [-0.4, -0.2) is 26.5 Å². The summed E-state index contributed by atoms with van der Waals surface area (Å²) >= 11 is 0. The number of benzene rings is 1. The van der Waals surface area contributed by atoms with Crippen molar-refractivity contribution in [2.75, 3.05) is 7.11 Å². The van der Waals surface area contributed by atoms with Gasteiger partial charge in [0.25, 0.3) is 0 Å². The third-order valence-electron chi connectivity index (χ3n) is 3.16. The molecule has 0 bridgehead atoms. The van der Waals surface area contributed by atoms with Crippen LogP contribution in [0.25, 0.3) is 0 Å². The summed E-state index contributed by atoms with van der Waals surface area (Å²) in [6.07, 6.45) is 1.36. The molecular formula is C16H18N2O4S. The molecule has 0 aliphatic carbocycles. The fraction of sp³-hybridized carbons (Fsp3) is 0.250. The van der Waals surface area contributed by atoms with Gasteiger partial charge in [-0.05, 0) is 24.6 Å². The van der Waals surface area contributed by atoms with Gasteiger partial charge in [-0.1, -0.05) is 29.8 Å². The van der Waals surface area contributed by atoms with Crippen molar-refractivity contribution in [1.29, 1.82) is 0 Å². The number of pyridine rings is 1. The van der Waals surface area contributed by atoms with Crippen molar-refractivity contribution >= 4 is 16.0 Å². The van der Waals surface area contributed by atoms with Gasteiger partial charge < -0.3 is 4.74 Å². The third kappa shape index (κ3) is 5.15. The molecular weight excluding hydrogens is 316 g/mol. The summed E-state index contributed by atoms with van der Waals surface area (Å²) < 4.78 is 31.3. The molecule has 0 aliphatic rings. The van der Waals surface area contributed by atoms with Gasteiger partial charge in [0.1, 0.15) is 0 Å². The standard InChI is InChI=1S/C16H18N2O4S/c1-12-4-3-5-13(8-12)11-23(20,21)18-10-15-7-6-14(9-17-15)16(19)22-2/h3-9,18H,10-11H2,1-2H3. The molecule has 0 unspecified atom stereocenters. The van der Waals surface area contributed by atoms with Crippen LogP contribution in [0, 0.1) is 6.92 Å². The maximum Gasteiger partial charge on any atom is 0.339 e. The molecule has 0 amide bonds. The normalized spacial score (nSPS) is 11.2. The highest BCUT2D eigenvalue weighted by Crippen LogP contribution is 2.08. The van der Waals surface area contributed by atoms with Gasteiger partial charge in [-0.15, -0.1) is 0 Å². The van der Waals surface area contributed by atoms with Gasteiger partial charge in [0.05, 0.1) is 30.7 Å². The van der Waals surface area contributed by atoms with Gasteiger partial charge in [-0.25, -0.2) is 17.9 Å². The van der Waals surface area contributed by atoms with Gasteiger partial charge in [-0.2, -0.15) is 0 Å². The van der Waals surface area contributed by atoms with E-state index in [0.717, 1.165) is 11.1 Å². The number of carbonyl (C=O) groups excluding carboxylic acids is 1. The lowest BCUT2D eigenvalue weighted by molar-refractivity contribution is 0.0600. The Morgan fingerprint density at radius 2 is 2.04 bits per heavy atom. The monoisotopic (exact) mass is 334 g/mol. The zero-order valence-electron chi connectivity index (χ0n) is 12.9.